The number of aromatic nitrogens is 2. The van der Waals surface area contributed by atoms with Crippen molar-refractivity contribution in [3.63, 3.8) is 0 Å². The molecule has 39 heavy (non-hydrogen) atoms. The van der Waals surface area contributed by atoms with Crippen molar-refractivity contribution in [2.24, 2.45) is 0 Å². The molecule has 1 atom stereocenters. The van der Waals surface area contributed by atoms with Crippen LogP contribution in [0.15, 0.2) is 67.4 Å². The average Bonchev–Trinajstić information content (AvgIpc) is 3.26. The minimum Gasteiger partial charge on any atom is -0.369 e. The molecule has 1 aromatic heterocycles. The second kappa shape index (κ2) is 10.4. The Kier molecular flexibility index (Phi) is 6.62. The molecule has 2 saturated heterocycles. The fraction of sp³-hybridized carbons (Fsp3) is 0.310. The Morgan fingerprint density at radius 1 is 1.08 bits per heavy atom. The number of para-hydroxylation sites is 1. The van der Waals surface area contributed by atoms with Gasteiger partial charge in [-0.3, -0.25) is 9.69 Å². The highest BCUT2D eigenvalue weighted by molar-refractivity contribution is 5.99. The van der Waals surface area contributed by atoms with Crippen LogP contribution in [0.25, 0.3) is 0 Å². The second-order valence-electron chi connectivity index (χ2n) is 10.3. The zero-order chi connectivity index (χ0) is 26.9. The van der Waals surface area contributed by atoms with Crippen molar-refractivity contribution in [2.45, 2.75) is 12.5 Å². The Morgan fingerprint density at radius 3 is 2.62 bits per heavy atom. The molecule has 0 spiro atoms. The minimum absolute atomic E-state index is 0.101. The van der Waals surface area contributed by atoms with Crippen molar-refractivity contribution in [1.29, 1.82) is 0 Å². The quantitative estimate of drug-likeness (QED) is 0.456. The first-order valence-corrected chi connectivity index (χ1v) is 13.2. The molecule has 2 fully saturated rings. The van der Waals surface area contributed by atoms with Crippen molar-refractivity contribution in [3.05, 3.63) is 78.5 Å². The van der Waals surface area contributed by atoms with E-state index in [4.69, 9.17) is 4.98 Å². The number of amides is 3. The van der Waals surface area contributed by atoms with E-state index in [2.05, 4.69) is 51.2 Å². The molecule has 2 N–H and O–H groups in total. The van der Waals surface area contributed by atoms with Crippen molar-refractivity contribution in [3.8, 4) is 0 Å². The van der Waals surface area contributed by atoms with Crippen LogP contribution in [0.4, 0.5) is 33.6 Å². The molecule has 10 heteroatoms. The van der Waals surface area contributed by atoms with Gasteiger partial charge in [0.2, 0.25) is 11.9 Å². The Bertz CT molecular complexity index is 1400. The number of urea groups is 1. The molecule has 0 saturated carbocycles. The number of hydrogen-bond acceptors (Lipinski definition) is 7. The summed E-state index contributed by atoms with van der Waals surface area (Å²) in [6.07, 6.45) is 3.07. The van der Waals surface area contributed by atoms with E-state index in [0.717, 1.165) is 43.0 Å². The number of carbonyl (C=O) groups excluding carboxylic acids is 2. The van der Waals surface area contributed by atoms with Crippen molar-refractivity contribution >= 4 is 40.8 Å². The molecular weight excluding hydrogens is 492 g/mol. The van der Waals surface area contributed by atoms with Gasteiger partial charge in [0.25, 0.3) is 0 Å². The molecule has 10 nitrogen and oxygen atoms in total. The molecule has 3 aliphatic heterocycles. The van der Waals surface area contributed by atoms with Crippen LogP contribution in [0, 0.1) is 0 Å². The standard InChI is InChI=1S/C29H32N8O2/c1-3-26(38)32-25-7-5-4-6-20(25)17-36-18-21-19-37(29(36)39)27-24(21)16-30-28(33-27)31-22-8-10-23(11-9-22)35-14-12-34(2)13-15-35/h3-11,16,21H,1,12-15,17-19H2,2H3,(H,32,38)(H,30,31,33). The summed E-state index contributed by atoms with van der Waals surface area (Å²) in [4.78, 5) is 42.9. The molecule has 4 heterocycles. The number of anilines is 5. The lowest BCUT2D eigenvalue weighted by molar-refractivity contribution is -0.111. The summed E-state index contributed by atoms with van der Waals surface area (Å²) in [7, 11) is 2.15. The van der Waals surface area contributed by atoms with Crippen LogP contribution >= 0.6 is 0 Å². The van der Waals surface area contributed by atoms with Gasteiger partial charge in [-0.25, -0.2) is 9.78 Å². The topological polar surface area (TPSA) is 96.9 Å². The van der Waals surface area contributed by atoms with Gasteiger partial charge in [-0.05, 0) is 49.0 Å². The van der Waals surface area contributed by atoms with E-state index in [0.29, 0.717) is 37.1 Å². The van der Waals surface area contributed by atoms with Gasteiger partial charge in [0.05, 0.1) is 0 Å². The van der Waals surface area contributed by atoms with Gasteiger partial charge in [0, 0.05) is 80.6 Å². The lowest BCUT2D eigenvalue weighted by atomic mass is 10.0. The largest absolute Gasteiger partial charge is 0.369 e. The number of likely N-dealkylation sites (N-methyl/N-ethyl adjacent to an activating group) is 1. The SMILES string of the molecule is C=CC(=O)Nc1ccccc1CN1CC2CN(C1=O)c1nc(Nc3ccc(N4CCN(C)CC4)cc3)ncc12. The number of piperazine rings is 1. The first-order valence-electron chi connectivity index (χ1n) is 13.2. The minimum atomic E-state index is -0.284. The Hall–Kier alpha value is -4.44. The summed E-state index contributed by atoms with van der Waals surface area (Å²) < 4.78 is 0. The smallest absolute Gasteiger partial charge is 0.326 e. The fourth-order valence-electron chi connectivity index (χ4n) is 5.44. The van der Waals surface area contributed by atoms with Gasteiger partial charge in [-0.1, -0.05) is 24.8 Å². The van der Waals surface area contributed by atoms with E-state index in [-0.39, 0.29) is 17.9 Å². The van der Waals surface area contributed by atoms with Crippen molar-refractivity contribution in [2.75, 3.05) is 66.7 Å². The van der Waals surface area contributed by atoms with E-state index in [9.17, 15) is 9.59 Å². The molecule has 3 amide bonds. The third-order valence-electron chi connectivity index (χ3n) is 7.65. The lowest BCUT2D eigenvalue weighted by Crippen LogP contribution is -2.49. The van der Waals surface area contributed by atoms with Crippen LogP contribution in [-0.4, -0.2) is 78.0 Å². The van der Waals surface area contributed by atoms with Crippen LogP contribution < -0.4 is 20.4 Å². The van der Waals surface area contributed by atoms with E-state index < -0.39 is 0 Å². The Morgan fingerprint density at radius 2 is 1.85 bits per heavy atom. The van der Waals surface area contributed by atoms with Gasteiger partial charge < -0.3 is 25.3 Å². The Labute approximate surface area is 227 Å². The molecule has 6 rings (SSSR count). The molecular formula is C29H32N8O2. The van der Waals surface area contributed by atoms with E-state index in [1.165, 1.54) is 11.8 Å². The van der Waals surface area contributed by atoms with Crippen LogP contribution in [-0.2, 0) is 11.3 Å². The third-order valence-corrected chi connectivity index (χ3v) is 7.65. The number of nitrogens with one attached hydrogen (secondary N) is 2. The molecule has 0 aliphatic carbocycles. The number of benzene rings is 2. The zero-order valence-corrected chi connectivity index (χ0v) is 22.0. The number of nitrogens with zero attached hydrogens (tertiary/aromatic N) is 6. The summed E-state index contributed by atoms with van der Waals surface area (Å²) in [6.45, 7) is 9.23. The summed E-state index contributed by atoms with van der Waals surface area (Å²) in [5, 5.41) is 6.13. The van der Waals surface area contributed by atoms with Gasteiger partial charge in [0.15, 0.2) is 0 Å². The maximum atomic E-state index is 13.5. The molecule has 1 unspecified atom stereocenters. The van der Waals surface area contributed by atoms with Crippen LogP contribution in [0.3, 0.4) is 0 Å². The van der Waals surface area contributed by atoms with Gasteiger partial charge in [0.1, 0.15) is 5.82 Å². The summed E-state index contributed by atoms with van der Waals surface area (Å²) in [6, 6.07) is 15.7. The summed E-state index contributed by atoms with van der Waals surface area (Å²) in [5.41, 5.74) is 4.62. The third kappa shape index (κ3) is 5.03. The predicted octanol–water partition coefficient (Wildman–Crippen LogP) is 3.64. The maximum absolute atomic E-state index is 13.5. The molecule has 3 aromatic rings. The summed E-state index contributed by atoms with van der Waals surface area (Å²) in [5.74, 6) is 0.968. The van der Waals surface area contributed by atoms with E-state index >= 15 is 0 Å². The van der Waals surface area contributed by atoms with Gasteiger partial charge >= 0.3 is 6.03 Å². The second-order valence-corrected chi connectivity index (χ2v) is 10.3. The highest BCUT2D eigenvalue weighted by Gasteiger charge is 2.42. The van der Waals surface area contributed by atoms with E-state index in [1.54, 1.807) is 9.80 Å². The number of carbonyl (C=O) groups is 2. The maximum Gasteiger partial charge on any atom is 0.326 e. The summed E-state index contributed by atoms with van der Waals surface area (Å²) >= 11 is 0. The predicted molar refractivity (Wildman–Crippen MR) is 153 cm³/mol. The average molecular weight is 525 g/mol. The zero-order valence-electron chi connectivity index (χ0n) is 22.0. The highest BCUT2D eigenvalue weighted by Crippen LogP contribution is 2.40. The molecule has 2 aromatic carbocycles. The van der Waals surface area contributed by atoms with E-state index in [1.807, 2.05) is 42.6 Å². The van der Waals surface area contributed by atoms with Crippen LogP contribution in [0.5, 0.6) is 0 Å². The number of hydrogen-bond donors (Lipinski definition) is 2. The monoisotopic (exact) mass is 524 g/mol. The lowest BCUT2D eigenvalue weighted by Gasteiger charge is -2.34. The molecule has 0 radical (unpaired) electrons. The number of fused-ring (bicyclic) bond motifs is 5. The van der Waals surface area contributed by atoms with Crippen molar-refractivity contribution in [1.82, 2.24) is 19.8 Å². The molecule has 200 valence electrons. The van der Waals surface area contributed by atoms with Gasteiger partial charge in [-0.2, -0.15) is 4.98 Å². The normalized spacial score (nSPS) is 18.6. The van der Waals surface area contributed by atoms with Crippen molar-refractivity contribution < 1.29 is 9.59 Å². The van der Waals surface area contributed by atoms with Crippen LogP contribution in [0.2, 0.25) is 0 Å². The molecule has 3 aliphatic rings. The van der Waals surface area contributed by atoms with Gasteiger partial charge in [-0.15, -0.1) is 0 Å². The van der Waals surface area contributed by atoms with Crippen LogP contribution in [0.1, 0.15) is 17.0 Å². The highest BCUT2D eigenvalue weighted by atomic mass is 16.2. The number of rotatable bonds is 7. The molecule has 2 bridgehead atoms. The first-order chi connectivity index (χ1) is 19.0. The first kappa shape index (κ1) is 24.9. The Balaban J connectivity index is 1.15. The fourth-order valence-corrected chi connectivity index (χ4v) is 5.44.